The van der Waals surface area contributed by atoms with E-state index in [9.17, 15) is 14.7 Å². The fourth-order valence-corrected chi connectivity index (χ4v) is 3.64. The standard InChI is InChI=1S/C16H28N2O3/c1-5-18(11-6-7-11)15(21)17-13-9-8-12(14(19)20)16(3,4)10(13)2/h10-13H,5-9H2,1-4H3,(H,17,21)(H,19,20). The number of nitrogens with zero attached hydrogens (tertiary/aromatic N) is 1. The van der Waals surface area contributed by atoms with Gasteiger partial charge in [-0.2, -0.15) is 0 Å². The van der Waals surface area contributed by atoms with Gasteiger partial charge in [-0.3, -0.25) is 4.79 Å². The predicted molar refractivity (Wildman–Crippen MR) is 81.0 cm³/mol. The molecule has 2 fully saturated rings. The Bertz CT molecular complexity index is 418. The highest BCUT2D eigenvalue weighted by Gasteiger charge is 2.47. The predicted octanol–water partition coefficient (Wildman–Crippen LogP) is 2.71. The van der Waals surface area contributed by atoms with Gasteiger partial charge in [0.15, 0.2) is 0 Å². The Morgan fingerprint density at radius 2 is 1.86 bits per heavy atom. The summed E-state index contributed by atoms with van der Waals surface area (Å²) in [5, 5.41) is 12.5. The van der Waals surface area contributed by atoms with Gasteiger partial charge in [0, 0.05) is 18.6 Å². The number of rotatable bonds is 4. The first-order chi connectivity index (χ1) is 9.78. The van der Waals surface area contributed by atoms with Crippen molar-refractivity contribution in [2.75, 3.05) is 6.54 Å². The molecule has 0 spiro atoms. The van der Waals surface area contributed by atoms with Crippen LogP contribution in [0.25, 0.3) is 0 Å². The van der Waals surface area contributed by atoms with Crippen LogP contribution in [0.5, 0.6) is 0 Å². The fourth-order valence-electron chi connectivity index (χ4n) is 3.64. The van der Waals surface area contributed by atoms with E-state index in [0.29, 0.717) is 12.5 Å². The van der Waals surface area contributed by atoms with Crippen LogP contribution in [0.2, 0.25) is 0 Å². The Labute approximate surface area is 127 Å². The highest BCUT2D eigenvalue weighted by atomic mass is 16.4. The van der Waals surface area contributed by atoms with Crippen molar-refractivity contribution in [3.05, 3.63) is 0 Å². The van der Waals surface area contributed by atoms with E-state index in [1.165, 1.54) is 0 Å². The largest absolute Gasteiger partial charge is 0.481 e. The number of hydrogen-bond donors (Lipinski definition) is 2. The number of carbonyl (C=O) groups is 2. The number of nitrogens with one attached hydrogen (secondary N) is 1. The third-order valence-electron chi connectivity index (χ3n) is 5.64. The maximum absolute atomic E-state index is 12.4. The molecule has 3 unspecified atom stereocenters. The van der Waals surface area contributed by atoms with E-state index < -0.39 is 5.97 Å². The average molecular weight is 296 g/mol. The topological polar surface area (TPSA) is 69.6 Å². The third-order valence-corrected chi connectivity index (χ3v) is 5.64. The smallest absolute Gasteiger partial charge is 0.317 e. The maximum atomic E-state index is 12.4. The van der Waals surface area contributed by atoms with Crippen LogP contribution in [0.15, 0.2) is 0 Å². The van der Waals surface area contributed by atoms with Crippen LogP contribution >= 0.6 is 0 Å². The van der Waals surface area contributed by atoms with Gasteiger partial charge in [0.1, 0.15) is 0 Å². The van der Waals surface area contributed by atoms with Crippen LogP contribution in [0.1, 0.15) is 53.4 Å². The Morgan fingerprint density at radius 1 is 1.24 bits per heavy atom. The summed E-state index contributed by atoms with van der Waals surface area (Å²) in [6.07, 6.45) is 3.59. The zero-order valence-corrected chi connectivity index (χ0v) is 13.6. The molecular formula is C16H28N2O3. The van der Waals surface area contributed by atoms with Crippen LogP contribution in [-0.4, -0.2) is 40.6 Å². The molecule has 2 saturated carbocycles. The van der Waals surface area contributed by atoms with Crippen LogP contribution in [-0.2, 0) is 4.79 Å². The minimum Gasteiger partial charge on any atom is -0.481 e. The molecule has 2 rings (SSSR count). The molecule has 2 aliphatic rings. The molecule has 0 aliphatic heterocycles. The van der Waals surface area contributed by atoms with Crippen LogP contribution in [0.4, 0.5) is 4.79 Å². The molecular weight excluding hydrogens is 268 g/mol. The van der Waals surface area contributed by atoms with Crippen LogP contribution in [0.3, 0.4) is 0 Å². The lowest BCUT2D eigenvalue weighted by atomic mass is 9.61. The number of carboxylic acids is 1. The van der Waals surface area contributed by atoms with E-state index in [4.69, 9.17) is 0 Å². The highest BCUT2D eigenvalue weighted by molar-refractivity contribution is 5.75. The molecule has 0 aromatic carbocycles. The molecule has 0 aromatic rings. The second kappa shape index (κ2) is 5.85. The van der Waals surface area contributed by atoms with Crippen molar-refractivity contribution in [1.29, 1.82) is 0 Å². The number of amides is 2. The first kappa shape index (κ1) is 16.1. The van der Waals surface area contributed by atoms with Crippen molar-refractivity contribution >= 4 is 12.0 Å². The molecule has 2 amide bonds. The van der Waals surface area contributed by atoms with Crippen molar-refractivity contribution in [2.24, 2.45) is 17.3 Å². The summed E-state index contributed by atoms with van der Waals surface area (Å²) in [6.45, 7) is 8.82. The Kier molecular flexibility index (Phi) is 4.49. The lowest BCUT2D eigenvalue weighted by Crippen LogP contribution is -2.55. The van der Waals surface area contributed by atoms with Crippen molar-refractivity contribution in [1.82, 2.24) is 10.2 Å². The van der Waals surface area contributed by atoms with Gasteiger partial charge in [0.05, 0.1) is 5.92 Å². The van der Waals surface area contributed by atoms with Gasteiger partial charge in [-0.1, -0.05) is 20.8 Å². The number of carboxylic acid groups (broad SMARTS) is 1. The van der Waals surface area contributed by atoms with E-state index in [0.717, 1.165) is 25.8 Å². The first-order valence-electron chi connectivity index (χ1n) is 8.09. The molecule has 120 valence electrons. The monoisotopic (exact) mass is 296 g/mol. The number of aliphatic carboxylic acids is 1. The summed E-state index contributed by atoms with van der Waals surface area (Å²) < 4.78 is 0. The SMILES string of the molecule is CCN(C(=O)NC1CCC(C(=O)O)C(C)(C)C1C)C1CC1. The Morgan fingerprint density at radius 3 is 2.33 bits per heavy atom. The molecule has 0 bridgehead atoms. The Balaban J connectivity index is 2.01. The molecule has 0 heterocycles. The lowest BCUT2D eigenvalue weighted by Gasteiger charge is -2.46. The van der Waals surface area contributed by atoms with Crippen molar-refractivity contribution in [2.45, 2.75) is 65.5 Å². The number of carbonyl (C=O) groups excluding carboxylic acids is 1. The highest BCUT2D eigenvalue weighted by Crippen LogP contribution is 2.45. The van der Waals surface area contributed by atoms with Gasteiger partial charge in [-0.25, -0.2) is 4.79 Å². The quantitative estimate of drug-likeness (QED) is 0.838. The normalized spacial score (nSPS) is 31.5. The van der Waals surface area contributed by atoms with Crippen LogP contribution < -0.4 is 5.32 Å². The second-order valence-electron chi connectivity index (χ2n) is 7.15. The number of urea groups is 1. The van der Waals surface area contributed by atoms with E-state index in [1.807, 2.05) is 25.7 Å². The summed E-state index contributed by atoms with van der Waals surface area (Å²) >= 11 is 0. The molecule has 0 radical (unpaired) electrons. The molecule has 2 N–H and O–H groups in total. The second-order valence-corrected chi connectivity index (χ2v) is 7.15. The van der Waals surface area contributed by atoms with E-state index in [2.05, 4.69) is 12.2 Å². The molecule has 0 aromatic heterocycles. The third kappa shape index (κ3) is 3.16. The molecule has 0 saturated heterocycles. The number of hydrogen-bond acceptors (Lipinski definition) is 2. The van der Waals surface area contributed by atoms with Crippen molar-refractivity contribution in [3.8, 4) is 0 Å². The van der Waals surface area contributed by atoms with Gasteiger partial charge < -0.3 is 15.3 Å². The summed E-state index contributed by atoms with van der Waals surface area (Å²) in [7, 11) is 0. The van der Waals surface area contributed by atoms with E-state index in [1.54, 1.807) is 0 Å². The van der Waals surface area contributed by atoms with Gasteiger partial charge in [-0.05, 0) is 43.9 Å². The summed E-state index contributed by atoms with van der Waals surface area (Å²) in [5.74, 6) is -0.898. The average Bonchev–Trinajstić information content (AvgIpc) is 3.20. The van der Waals surface area contributed by atoms with Gasteiger partial charge >= 0.3 is 12.0 Å². The van der Waals surface area contributed by atoms with Crippen molar-refractivity contribution in [3.63, 3.8) is 0 Å². The summed E-state index contributed by atoms with van der Waals surface area (Å²) in [5.41, 5.74) is -0.307. The fraction of sp³-hybridized carbons (Fsp3) is 0.875. The van der Waals surface area contributed by atoms with E-state index >= 15 is 0 Å². The summed E-state index contributed by atoms with van der Waals surface area (Å²) in [4.78, 5) is 25.7. The van der Waals surface area contributed by atoms with Gasteiger partial charge in [-0.15, -0.1) is 0 Å². The van der Waals surface area contributed by atoms with Crippen molar-refractivity contribution < 1.29 is 14.7 Å². The first-order valence-corrected chi connectivity index (χ1v) is 8.09. The molecule has 3 atom stereocenters. The molecule has 2 aliphatic carbocycles. The Hall–Kier alpha value is -1.26. The minimum absolute atomic E-state index is 0.0152. The van der Waals surface area contributed by atoms with Gasteiger partial charge in [0.2, 0.25) is 0 Å². The maximum Gasteiger partial charge on any atom is 0.317 e. The molecule has 5 heteroatoms. The summed E-state index contributed by atoms with van der Waals surface area (Å²) in [6, 6.07) is 0.492. The zero-order valence-electron chi connectivity index (χ0n) is 13.6. The van der Waals surface area contributed by atoms with E-state index in [-0.39, 0.29) is 29.3 Å². The lowest BCUT2D eigenvalue weighted by molar-refractivity contribution is -0.150. The van der Waals surface area contributed by atoms with Crippen LogP contribution in [0, 0.1) is 17.3 Å². The zero-order chi connectivity index (χ0) is 15.8. The minimum atomic E-state index is -0.718. The van der Waals surface area contributed by atoms with Gasteiger partial charge in [0.25, 0.3) is 0 Å². The molecule has 5 nitrogen and oxygen atoms in total. The molecule has 21 heavy (non-hydrogen) atoms.